The number of carbonyl (C=O) groups excluding carboxylic acids is 2. The summed E-state index contributed by atoms with van der Waals surface area (Å²) in [6, 6.07) is 3.72. The van der Waals surface area contributed by atoms with Gasteiger partial charge in [0.05, 0.1) is 18.4 Å². The first kappa shape index (κ1) is 18.8. The zero-order valence-corrected chi connectivity index (χ0v) is 15.0. The lowest BCUT2D eigenvalue weighted by atomic mass is 9.78. The second-order valence-corrected chi connectivity index (χ2v) is 7.17. The summed E-state index contributed by atoms with van der Waals surface area (Å²) in [7, 11) is 1.56. The van der Waals surface area contributed by atoms with Crippen LogP contribution in [0.4, 0.5) is 8.78 Å². The van der Waals surface area contributed by atoms with Crippen molar-refractivity contribution in [1.29, 1.82) is 0 Å². The van der Waals surface area contributed by atoms with Crippen molar-refractivity contribution in [3.63, 3.8) is 0 Å². The molecule has 5 nitrogen and oxygen atoms in total. The molecule has 0 aromatic heterocycles. The van der Waals surface area contributed by atoms with Crippen LogP contribution in [0.1, 0.15) is 31.2 Å². The molecule has 1 atom stereocenters. The van der Waals surface area contributed by atoms with Gasteiger partial charge in [-0.25, -0.2) is 8.78 Å². The van der Waals surface area contributed by atoms with E-state index >= 15 is 0 Å². The van der Waals surface area contributed by atoms with Crippen LogP contribution in [-0.2, 0) is 20.9 Å². The summed E-state index contributed by atoms with van der Waals surface area (Å²) in [6.07, 6.45) is 2.57. The highest BCUT2D eigenvalue weighted by atomic mass is 19.2. The maximum absolute atomic E-state index is 13.4. The molecule has 0 radical (unpaired) electrons. The Hall–Kier alpha value is -2.02. The van der Waals surface area contributed by atoms with Crippen molar-refractivity contribution in [1.82, 2.24) is 9.80 Å². The van der Waals surface area contributed by atoms with E-state index in [1.54, 1.807) is 16.9 Å². The molecule has 0 N–H and O–H groups in total. The van der Waals surface area contributed by atoms with E-state index in [2.05, 4.69) is 0 Å². The molecule has 1 aromatic carbocycles. The van der Waals surface area contributed by atoms with Gasteiger partial charge in [-0.15, -0.1) is 0 Å². The fourth-order valence-electron chi connectivity index (χ4n) is 3.97. The van der Waals surface area contributed by atoms with Gasteiger partial charge >= 0.3 is 0 Å². The SMILES string of the molecule is COCCC(=O)N1CC[C@@]2(CCCN(Cc3ccc(F)c(F)c3)C2=O)C1. The number of likely N-dealkylation sites (tertiary alicyclic amines) is 2. The van der Waals surface area contributed by atoms with Crippen LogP contribution in [0.2, 0.25) is 0 Å². The summed E-state index contributed by atoms with van der Waals surface area (Å²) >= 11 is 0. The number of piperidine rings is 1. The van der Waals surface area contributed by atoms with E-state index < -0.39 is 17.0 Å². The Kier molecular flexibility index (Phi) is 5.55. The predicted octanol–water partition coefficient (Wildman–Crippen LogP) is 2.34. The molecule has 2 heterocycles. The normalized spacial score (nSPS) is 23.1. The van der Waals surface area contributed by atoms with Gasteiger partial charge in [0.2, 0.25) is 11.8 Å². The van der Waals surface area contributed by atoms with Gasteiger partial charge in [-0.2, -0.15) is 0 Å². The summed E-state index contributed by atoms with van der Waals surface area (Å²) in [5.41, 5.74) is 0.0276. The van der Waals surface area contributed by atoms with Gasteiger partial charge < -0.3 is 14.5 Å². The van der Waals surface area contributed by atoms with E-state index in [9.17, 15) is 18.4 Å². The van der Waals surface area contributed by atoms with Crippen LogP contribution in [0.5, 0.6) is 0 Å². The molecule has 1 aromatic rings. The van der Waals surface area contributed by atoms with Crippen molar-refractivity contribution in [2.24, 2.45) is 5.41 Å². The van der Waals surface area contributed by atoms with Gasteiger partial charge in [0, 0.05) is 33.3 Å². The highest BCUT2D eigenvalue weighted by Crippen LogP contribution is 2.40. The fourth-order valence-corrected chi connectivity index (χ4v) is 3.97. The Balaban J connectivity index is 1.67. The number of benzene rings is 1. The highest BCUT2D eigenvalue weighted by molar-refractivity contribution is 5.86. The molecule has 2 fully saturated rings. The van der Waals surface area contributed by atoms with Crippen LogP contribution >= 0.6 is 0 Å². The standard InChI is InChI=1S/C19H24F2N2O3/c1-26-10-5-17(24)23-9-7-19(13-23)6-2-8-22(18(19)25)12-14-3-4-15(20)16(21)11-14/h3-4,11H,2,5-10,12-13H2,1H3/t19-/m0/s1. The van der Waals surface area contributed by atoms with Crippen LogP contribution in [0.3, 0.4) is 0 Å². The first-order valence-corrected chi connectivity index (χ1v) is 8.95. The minimum atomic E-state index is -0.905. The van der Waals surface area contributed by atoms with E-state index in [1.807, 2.05) is 0 Å². The molecule has 2 aliphatic rings. The predicted molar refractivity (Wildman–Crippen MR) is 91.1 cm³/mol. The molecule has 0 aliphatic carbocycles. The fraction of sp³-hybridized carbons (Fsp3) is 0.579. The summed E-state index contributed by atoms with van der Waals surface area (Å²) < 4.78 is 31.5. The Labute approximate surface area is 151 Å². The first-order valence-electron chi connectivity index (χ1n) is 8.95. The van der Waals surface area contributed by atoms with Gasteiger partial charge in [0.25, 0.3) is 0 Å². The lowest BCUT2D eigenvalue weighted by Crippen LogP contribution is -2.50. The third-order valence-corrected chi connectivity index (χ3v) is 5.41. The highest BCUT2D eigenvalue weighted by Gasteiger charge is 2.49. The number of ether oxygens (including phenoxy) is 1. The zero-order chi connectivity index (χ0) is 18.7. The van der Waals surface area contributed by atoms with E-state index in [0.29, 0.717) is 44.6 Å². The van der Waals surface area contributed by atoms with Gasteiger partial charge in [0.15, 0.2) is 11.6 Å². The number of hydrogen-bond donors (Lipinski definition) is 0. The van der Waals surface area contributed by atoms with Crippen molar-refractivity contribution in [2.45, 2.75) is 32.2 Å². The van der Waals surface area contributed by atoms with Gasteiger partial charge in [-0.1, -0.05) is 6.07 Å². The molecule has 0 bridgehead atoms. The summed E-state index contributed by atoms with van der Waals surface area (Å²) in [6.45, 7) is 2.24. The smallest absolute Gasteiger partial charge is 0.230 e. The van der Waals surface area contributed by atoms with E-state index in [1.165, 1.54) is 6.07 Å². The summed E-state index contributed by atoms with van der Waals surface area (Å²) in [5.74, 6) is -1.78. The zero-order valence-electron chi connectivity index (χ0n) is 15.0. The average Bonchev–Trinajstić information content (AvgIpc) is 3.05. The van der Waals surface area contributed by atoms with E-state index in [4.69, 9.17) is 4.74 Å². The topological polar surface area (TPSA) is 49.9 Å². The molecule has 26 heavy (non-hydrogen) atoms. The molecule has 142 valence electrons. The van der Waals surface area contributed by atoms with E-state index in [-0.39, 0.29) is 18.4 Å². The number of amides is 2. The number of rotatable bonds is 5. The number of hydrogen-bond acceptors (Lipinski definition) is 3. The summed E-state index contributed by atoms with van der Waals surface area (Å²) in [4.78, 5) is 28.8. The number of methoxy groups -OCH3 is 1. The molecule has 1 spiro atoms. The van der Waals surface area contributed by atoms with Crippen molar-refractivity contribution in [2.75, 3.05) is 33.4 Å². The molecule has 2 saturated heterocycles. The lowest BCUT2D eigenvalue weighted by molar-refractivity contribution is -0.146. The molecular weight excluding hydrogens is 342 g/mol. The van der Waals surface area contributed by atoms with Crippen molar-refractivity contribution in [3.05, 3.63) is 35.4 Å². The number of carbonyl (C=O) groups is 2. The van der Waals surface area contributed by atoms with Crippen LogP contribution < -0.4 is 0 Å². The summed E-state index contributed by atoms with van der Waals surface area (Å²) in [5, 5.41) is 0. The van der Waals surface area contributed by atoms with Crippen LogP contribution in [0, 0.1) is 17.0 Å². The second-order valence-electron chi connectivity index (χ2n) is 7.17. The molecular formula is C19H24F2N2O3. The van der Waals surface area contributed by atoms with Crippen molar-refractivity contribution in [3.8, 4) is 0 Å². The largest absolute Gasteiger partial charge is 0.384 e. The Morgan fingerprint density at radius 3 is 2.77 bits per heavy atom. The van der Waals surface area contributed by atoms with Gasteiger partial charge in [0.1, 0.15) is 0 Å². The minimum absolute atomic E-state index is 0.00857. The minimum Gasteiger partial charge on any atom is -0.384 e. The average molecular weight is 366 g/mol. The first-order chi connectivity index (χ1) is 12.4. The lowest BCUT2D eigenvalue weighted by Gasteiger charge is -2.39. The number of nitrogens with zero attached hydrogens (tertiary/aromatic N) is 2. The third-order valence-electron chi connectivity index (χ3n) is 5.41. The van der Waals surface area contributed by atoms with Crippen molar-refractivity contribution < 1.29 is 23.1 Å². The van der Waals surface area contributed by atoms with Gasteiger partial charge in [-0.05, 0) is 37.0 Å². The van der Waals surface area contributed by atoms with Crippen LogP contribution in [0.15, 0.2) is 18.2 Å². The van der Waals surface area contributed by atoms with Gasteiger partial charge in [-0.3, -0.25) is 9.59 Å². The maximum atomic E-state index is 13.4. The van der Waals surface area contributed by atoms with Crippen molar-refractivity contribution >= 4 is 11.8 Å². The third kappa shape index (κ3) is 3.72. The Morgan fingerprint density at radius 2 is 2.04 bits per heavy atom. The van der Waals surface area contributed by atoms with E-state index in [0.717, 1.165) is 25.0 Å². The monoisotopic (exact) mass is 366 g/mol. The quantitative estimate of drug-likeness (QED) is 0.804. The molecule has 3 rings (SSSR count). The Bertz CT molecular complexity index is 697. The second kappa shape index (κ2) is 7.70. The Morgan fingerprint density at radius 1 is 1.23 bits per heavy atom. The molecule has 2 aliphatic heterocycles. The van der Waals surface area contributed by atoms with Crippen LogP contribution in [0.25, 0.3) is 0 Å². The van der Waals surface area contributed by atoms with Crippen LogP contribution in [-0.4, -0.2) is 55.0 Å². The molecule has 2 amide bonds. The number of halogens is 2. The molecule has 7 heteroatoms. The maximum Gasteiger partial charge on any atom is 0.230 e. The molecule has 0 unspecified atom stereocenters. The molecule has 0 saturated carbocycles.